The molecule has 1 unspecified atom stereocenters. The third-order valence-corrected chi connectivity index (χ3v) is 5.69. The Morgan fingerprint density at radius 1 is 1.15 bits per heavy atom. The Kier molecular flexibility index (Phi) is 5.41. The maximum Gasteiger partial charge on any atom is 0.257 e. The monoisotopic (exact) mass is 371 g/mol. The van der Waals surface area contributed by atoms with Crippen molar-refractivity contribution in [3.05, 3.63) is 46.5 Å². The summed E-state index contributed by atoms with van der Waals surface area (Å²) in [4.78, 5) is 33.0. The smallest absolute Gasteiger partial charge is 0.257 e. The Labute approximate surface area is 158 Å². The summed E-state index contributed by atoms with van der Waals surface area (Å²) >= 11 is 1.48. The molecule has 1 aromatic carbocycles. The molecule has 0 aliphatic heterocycles. The zero-order chi connectivity index (χ0) is 18.8. The van der Waals surface area contributed by atoms with Crippen LogP contribution in [0.2, 0.25) is 0 Å². The van der Waals surface area contributed by atoms with Crippen LogP contribution in [0.3, 0.4) is 0 Å². The Hall–Kier alpha value is -2.21. The van der Waals surface area contributed by atoms with E-state index >= 15 is 0 Å². The minimum atomic E-state index is -0.201. The van der Waals surface area contributed by atoms with Gasteiger partial charge in [0.1, 0.15) is 0 Å². The van der Waals surface area contributed by atoms with E-state index < -0.39 is 0 Å². The lowest BCUT2D eigenvalue weighted by molar-refractivity contribution is -0.136. The number of amides is 2. The zero-order valence-electron chi connectivity index (χ0n) is 15.7. The highest BCUT2D eigenvalue weighted by Gasteiger charge is 2.36. The summed E-state index contributed by atoms with van der Waals surface area (Å²) in [7, 11) is 0. The summed E-state index contributed by atoms with van der Waals surface area (Å²) in [6.07, 6.45) is 1.64. The normalized spacial score (nSPS) is 16.0. The molecule has 1 aliphatic rings. The van der Waals surface area contributed by atoms with E-state index in [1.807, 2.05) is 50.8 Å². The van der Waals surface area contributed by atoms with Crippen molar-refractivity contribution in [3.63, 3.8) is 0 Å². The number of aryl methyl sites for hydroxylation is 1. The molecular weight excluding hydrogens is 346 g/mol. The first kappa shape index (κ1) is 18.6. The topological polar surface area (TPSA) is 62.3 Å². The molecule has 1 aromatic heterocycles. The molecule has 1 aliphatic carbocycles. The molecule has 2 amide bonds. The average molecular weight is 372 g/mol. The molecule has 3 rings (SSSR count). The van der Waals surface area contributed by atoms with Crippen LogP contribution >= 0.6 is 11.3 Å². The van der Waals surface area contributed by atoms with Crippen LogP contribution < -0.4 is 5.32 Å². The summed E-state index contributed by atoms with van der Waals surface area (Å²) in [5.41, 5.74) is 1.44. The predicted octanol–water partition coefficient (Wildman–Crippen LogP) is 4.07. The number of carbonyl (C=O) groups excluding carboxylic acids is 2. The van der Waals surface area contributed by atoms with Crippen molar-refractivity contribution >= 4 is 28.3 Å². The third kappa shape index (κ3) is 3.65. The first-order chi connectivity index (χ1) is 12.4. The van der Waals surface area contributed by atoms with Gasteiger partial charge in [0.2, 0.25) is 5.91 Å². The van der Waals surface area contributed by atoms with Crippen LogP contribution in [0, 0.1) is 0 Å². The Morgan fingerprint density at radius 3 is 2.42 bits per heavy atom. The number of rotatable bonds is 5. The van der Waals surface area contributed by atoms with Crippen LogP contribution in [0.5, 0.6) is 0 Å². The molecule has 0 saturated heterocycles. The predicted molar refractivity (Wildman–Crippen MR) is 105 cm³/mol. The van der Waals surface area contributed by atoms with Gasteiger partial charge in [-0.05, 0) is 52.7 Å². The zero-order valence-corrected chi connectivity index (χ0v) is 16.5. The van der Waals surface area contributed by atoms with Gasteiger partial charge in [-0.2, -0.15) is 0 Å². The van der Waals surface area contributed by atoms with E-state index in [2.05, 4.69) is 10.3 Å². The molecule has 26 heavy (non-hydrogen) atoms. The van der Waals surface area contributed by atoms with Gasteiger partial charge >= 0.3 is 0 Å². The molecule has 0 radical (unpaired) electrons. The molecule has 0 bridgehead atoms. The van der Waals surface area contributed by atoms with Gasteiger partial charge < -0.3 is 4.90 Å². The second kappa shape index (κ2) is 7.58. The molecule has 0 saturated carbocycles. The van der Waals surface area contributed by atoms with Crippen LogP contribution in [-0.2, 0) is 11.2 Å². The average Bonchev–Trinajstić information content (AvgIpc) is 3.14. The first-order valence-electron chi connectivity index (χ1n) is 9.06. The second-order valence-electron chi connectivity index (χ2n) is 7.17. The number of carbonyl (C=O) groups is 2. The highest BCUT2D eigenvalue weighted by atomic mass is 32.1. The molecule has 0 spiro atoms. The van der Waals surface area contributed by atoms with Crippen molar-refractivity contribution in [3.8, 4) is 0 Å². The Bertz CT molecular complexity index is 791. The Balaban J connectivity index is 1.77. The van der Waals surface area contributed by atoms with Gasteiger partial charge in [-0.25, -0.2) is 4.98 Å². The van der Waals surface area contributed by atoms with Gasteiger partial charge in [0.25, 0.3) is 5.91 Å². The lowest BCUT2D eigenvalue weighted by Crippen LogP contribution is -2.44. The number of hydrogen-bond donors (Lipinski definition) is 1. The number of nitrogens with one attached hydrogen (secondary N) is 1. The van der Waals surface area contributed by atoms with Crippen LogP contribution in [0.25, 0.3) is 0 Å². The van der Waals surface area contributed by atoms with E-state index in [0.717, 1.165) is 23.4 Å². The van der Waals surface area contributed by atoms with Crippen molar-refractivity contribution in [1.29, 1.82) is 0 Å². The van der Waals surface area contributed by atoms with Crippen molar-refractivity contribution in [1.82, 2.24) is 9.88 Å². The number of anilines is 1. The molecule has 0 fully saturated rings. The molecule has 2 aromatic rings. The molecule has 1 atom stereocenters. The minimum absolute atomic E-state index is 0.139. The molecule has 5 nitrogen and oxygen atoms in total. The van der Waals surface area contributed by atoms with Crippen molar-refractivity contribution in [2.45, 2.75) is 58.5 Å². The Morgan fingerprint density at radius 2 is 1.81 bits per heavy atom. The van der Waals surface area contributed by atoms with Crippen LogP contribution in [0.1, 0.15) is 61.0 Å². The summed E-state index contributed by atoms with van der Waals surface area (Å²) in [5.74, 6) is -0.236. The summed E-state index contributed by atoms with van der Waals surface area (Å²) in [6, 6.07) is 9.39. The number of benzene rings is 1. The summed E-state index contributed by atoms with van der Waals surface area (Å²) in [6.45, 7) is 8.17. The fourth-order valence-corrected chi connectivity index (χ4v) is 4.60. The lowest BCUT2D eigenvalue weighted by atomic mass is 10.0. The molecule has 6 heteroatoms. The van der Waals surface area contributed by atoms with E-state index in [-0.39, 0.29) is 29.8 Å². The SMILES string of the molecule is CC(C)N(C(=O)C1CCc2sc(NC(=O)c3ccccc3)nc21)C(C)C. The maximum absolute atomic E-state index is 13.0. The summed E-state index contributed by atoms with van der Waals surface area (Å²) in [5, 5.41) is 3.44. The van der Waals surface area contributed by atoms with E-state index in [1.165, 1.54) is 11.3 Å². The number of fused-ring (bicyclic) bond motifs is 1. The molecule has 1 N–H and O–H groups in total. The summed E-state index contributed by atoms with van der Waals surface area (Å²) < 4.78 is 0. The van der Waals surface area contributed by atoms with Crippen LogP contribution in [0.15, 0.2) is 30.3 Å². The molecule has 138 valence electrons. The number of aromatic nitrogens is 1. The first-order valence-corrected chi connectivity index (χ1v) is 9.88. The minimum Gasteiger partial charge on any atom is -0.337 e. The number of thiazole rings is 1. The molecular formula is C20H25N3O2S. The lowest BCUT2D eigenvalue weighted by Gasteiger charge is -2.33. The number of nitrogens with zero attached hydrogens (tertiary/aromatic N) is 2. The fourth-order valence-electron chi connectivity index (χ4n) is 3.56. The standard InChI is InChI=1S/C20H25N3O2S/c1-12(2)23(13(3)4)19(25)15-10-11-16-17(15)21-20(26-16)22-18(24)14-8-6-5-7-9-14/h5-9,12-13,15H,10-11H2,1-4H3,(H,21,22,24). The van der Waals surface area contributed by atoms with Crippen molar-refractivity contribution in [2.75, 3.05) is 5.32 Å². The van der Waals surface area contributed by atoms with Gasteiger partial charge in [0, 0.05) is 22.5 Å². The molecule has 1 heterocycles. The highest BCUT2D eigenvalue weighted by molar-refractivity contribution is 7.16. The fraction of sp³-hybridized carbons (Fsp3) is 0.450. The largest absolute Gasteiger partial charge is 0.337 e. The van der Waals surface area contributed by atoms with E-state index in [4.69, 9.17) is 0 Å². The van der Waals surface area contributed by atoms with Crippen molar-refractivity contribution in [2.24, 2.45) is 0 Å². The third-order valence-electron chi connectivity index (χ3n) is 4.64. The van der Waals surface area contributed by atoms with Gasteiger partial charge in [0.15, 0.2) is 5.13 Å². The van der Waals surface area contributed by atoms with Gasteiger partial charge in [-0.3, -0.25) is 14.9 Å². The van der Waals surface area contributed by atoms with E-state index in [9.17, 15) is 9.59 Å². The second-order valence-corrected chi connectivity index (χ2v) is 8.26. The highest BCUT2D eigenvalue weighted by Crippen LogP contribution is 2.39. The quantitative estimate of drug-likeness (QED) is 0.862. The maximum atomic E-state index is 13.0. The van der Waals surface area contributed by atoms with Crippen molar-refractivity contribution < 1.29 is 9.59 Å². The van der Waals surface area contributed by atoms with Gasteiger partial charge in [-0.15, -0.1) is 11.3 Å². The van der Waals surface area contributed by atoms with Gasteiger partial charge in [-0.1, -0.05) is 18.2 Å². The van der Waals surface area contributed by atoms with Gasteiger partial charge in [0.05, 0.1) is 11.6 Å². The number of hydrogen-bond acceptors (Lipinski definition) is 4. The van der Waals surface area contributed by atoms with Crippen LogP contribution in [0.4, 0.5) is 5.13 Å². The van der Waals surface area contributed by atoms with E-state index in [1.54, 1.807) is 12.1 Å². The van der Waals surface area contributed by atoms with Crippen LogP contribution in [-0.4, -0.2) is 33.8 Å². The van der Waals surface area contributed by atoms with E-state index in [0.29, 0.717) is 10.7 Å².